The zero-order valence-corrected chi connectivity index (χ0v) is 18.1. The minimum absolute atomic E-state index is 0.165. The Hall–Kier alpha value is -2.42. The second kappa shape index (κ2) is 10.8. The van der Waals surface area contributed by atoms with Crippen molar-refractivity contribution in [2.45, 2.75) is 39.1 Å². The van der Waals surface area contributed by atoms with E-state index in [1.807, 2.05) is 27.7 Å². The van der Waals surface area contributed by atoms with E-state index >= 15 is 0 Å². The molecule has 0 unspecified atom stereocenters. The first kappa shape index (κ1) is 23.6. The van der Waals surface area contributed by atoms with E-state index in [1.165, 1.54) is 7.11 Å². The second-order valence-corrected chi connectivity index (χ2v) is 7.20. The fourth-order valence-corrected chi connectivity index (χ4v) is 3.79. The Balaban J connectivity index is 0.000000921. The first-order valence-corrected chi connectivity index (χ1v) is 10.8. The summed E-state index contributed by atoms with van der Waals surface area (Å²) < 4.78 is 29.0. The lowest BCUT2D eigenvalue weighted by Crippen LogP contribution is -2.35. The van der Waals surface area contributed by atoms with Crippen LogP contribution < -0.4 is 14.8 Å². The van der Waals surface area contributed by atoms with Crippen molar-refractivity contribution in [2.24, 2.45) is 0 Å². The Morgan fingerprint density at radius 2 is 1.75 bits per heavy atom. The number of anilines is 2. The molecule has 0 aromatic heterocycles. The number of fused-ring (bicyclic) bond motifs is 1. The number of carbonyl (C=O) groups is 1. The minimum atomic E-state index is -3.28. The van der Waals surface area contributed by atoms with E-state index in [9.17, 15) is 13.9 Å². The van der Waals surface area contributed by atoms with Crippen LogP contribution in [0, 0.1) is 0 Å². The Bertz CT molecular complexity index is 784. The van der Waals surface area contributed by atoms with Gasteiger partial charge in [-0.05, 0) is 35.9 Å². The van der Waals surface area contributed by atoms with Gasteiger partial charge in [-0.3, -0.25) is 13.8 Å². The quantitative estimate of drug-likeness (QED) is 0.507. The van der Waals surface area contributed by atoms with Crippen molar-refractivity contribution in [3.8, 4) is 5.75 Å². The van der Waals surface area contributed by atoms with Crippen LogP contribution >= 0.6 is 10.8 Å². The SMILES string of the molecule is CC.CC.COc1ccccc1S(O)(O)Nc1ccc2c(c1)CN(C)C(=O)N2. The third-order valence-electron chi connectivity index (χ3n) is 3.74. The number of hydrogen-bond donors (Lipinski definition) is 4. The lowest BCUT2D eigenvalue weighted by Gasteiger charge is -2.35. The summed E-state index contributed by atoms with van der Waals surface area (Å²) in [5.74, 6) is 0.398. The summed E-state index contributed by atoms with van der Waals surface area (Å²) in [5, 5.41) is 2.77. The van der Waals surface area contributed by atoms with E-state index in [0.717, 1.165) is 11.3 Å². The van der Waals surface area contributed by atoms with Gasteiger partial charge in [-0.1, -0.05) is 50.6 Å². The van der Waals surface area contributed by atoms with Crippen LogP contribution in [-0.2, 0) is 6.54 Å². The van der Waals surface area contributed by atoms with Gasteiger partial charge < -0.3 is 15.0 Å². The predicted molar refractivity (Wildman–Crippen MR) is 117 cm³/mol. The van der Waals surface area contributed by atoms with Crippen LogP contribution in [0.1, 0.15) is 33.3 Å². The number of urea groups is 1. The molecule has 2 aromatic rings. The van der Waals surface area contributed by atoms with E-state index in [-0.39, 0.29) is 10.9 Å². The maximum Gasteiger partial charge on any atom is 0.321 e. The monoisotopic (exact) mass is 409 g/mol. The van der Waals surface area contributed by atoms with Crippen molar-refractivity contribution in [2.75, 3.05) is 24.2 Å². The highest BCUT2D eigenvalue weighted by Crippen LogP contribution is 2.52. The van der Waals surface area contributed by atoms with Crippen molar-refractivity contribution >= 4 is 28.2 Å². The molecule has 1 aliphatic rings. The first-order chi connectivity index (χ1) is 13.4. The average Bonchev–Trinajstić information content (AvgIpc) is 2.72. The number of para-hydroxylation sites is 1. The van der Waals surface area contributed by atoms with Gasteiger partial charge in [-0.2, -0.15) is 0 Å². The molecule has 4 N–H and O–H groups in total. The Labute approximate surface area is 169 Å². The smallest absolute Gasteiger partial charge is 0.321 e. The van der Waals surface area contributed by atoms with Crippen LogP contribution in [0.4, 0.5) is 16.2 Å². The number of nitrogens with one attached hydrogen (secondary N) is 2. The highest BCUT2D eigenvalue weighted by Gasteiger charge is 2.23. The van der Waals surface area contributed by atoms with Gasteiger partial charge >= 0.3 is 6.03 Å². The molecule has 1 aliphatic heterocycles. The molecule has 7 nitrogen and oxygen atoms in total. The van der Waals surface area contributed by atoms with E-state index in [4.69, 9.17) is 4.74 Å². The fraction of sp³-hybridized carbons (Fsp3) is 0.350. The molecule has 8 heteroatoms. The lowest BCUT2D eigenvalue weighted by atomic mass is 10.1. The summed E-state index contributed by atoms with van der Waals surface area (Å²) in [6, 6.07) is 11.8. The maximum atomic E-state index is 11.6. The Morgan fingerprint density at radius 3 is 2.39 bits per heavy atom. The first-order valence-electron chi connectivity index (χ1n) is 9.25. The number of hydrogen-bond acceptors (Lipinski definition) is 5. The van der Waals surface area contributed by atoms with Crippen molar-refractivity contribution < 1.29 is 18.6 Å². The standard InChI is InChI=1S/C16H19N3O4S.2C2H6/c1-19-10-11-9-12(7-8-13(11)17-16(19)20)18-24(21,22)15-6-4-3-5-14(15)23-2;2*1-2/h3-9,18,21-22H,10H2,1-2H3,(H,17,20);2*1-2H3. The topological polar surface area (TPSA) is 94.1 Å². The highest BCUT2D eigenvalue weighted by atomic mass is 32.3. The number of nitrogens with zero attached hydrogens (tertiary/aromatic N) is 1. The third-order valence-corrected chi connectivity index (χ3v) is 5.21. The Kier molecular flexibility index (Phi) is 9.11. The molecule has 156 valence electrons. The molecule has 0 atom stereocenters. The number of rotatable bonds is 4. The maximum absolute atomic E-state index is 11.6. The zero-order chi connectivity index (χ0) is 21.3. The normalized spacial score (nSPS) is 13.0. The summed E-state index contributed by atoms with van der Waals surface area (Å²) in [4.78, 5) is 13.5. The Morgan fingerprint density at radius 1 is 1.11 bits per heavy atom. The van der Waals surface area contributed by atoms with Gasteiger partial charge in [-0.25, -0.2) is 4.79 Å². The summed E-state index contributed by atoms with van der Waals surface area (Å²) in [7, 11) is -0.110. The lowest BCUT2D eigenvalue weighted by molar-refractivity contribution is 0.218. The van der Waals surface area contributed by atoms with Crippen molar-refractivity contribution in [1.82, 2.24) is 4.90 Å². The van der Waals surface area contributed by atoms with Gasteiger partial charge in [0.1, 0.15) is 10.6 Å². The molecule has 0 fully saturated rings. The molecule has 0 saturated carbocycles. The van der Waals surface area contributed by atoms with Gasteiger partial charge in [0.25, 0.3) is 0 Å². The second-order valence-electron chi connectivity index (χ2n) is 5.46. The van der Waals surface area contributed by atoms with Crippen LogP contribution in [-0.4, -0.2) is 34.2 Å². The van der Waals surface area contributed by atoms with E-state index in [1.54, 1.807) is 54.4 Å². The zero-order valence-electron chi connectivity index (χ0n) is 17.3. The van der Waals surface area contributed by atoms with Crippen LogP contribution in [0.15, 0.2) is 47.4 Å². The number of amides is 2. The van der Waals surface area contributed by atoms with Crippen molar-refractivity contribution in [3.63, 3.8) is 0 Å². The minimum Gasteiger partial charge on any atom is -0.495 e. The molecule has 0 spiro atoms. The molecule has 0 bridgehead atoms. The number of methoxy groups -OCH3 is 1. The molecule has 28 heavy (non-hydrogen) atoms. The molecule has 2 aromatic carbocycles. The molecule has 0 aliphatic carbocycles. The summed E-state index contributed by atoms with van der Waals surface area (Å²) in [5.41, 5.74) is 2.15. The fourth-order valence-electron chi connectivity index (χ4n) is 2.52. The average molecular weight is 410 g/mol. The highest BCUT2D eigenvalue weighted by molar-refractivity contribution is 8.25. The molecular weight excluding hydrogens is 378 g/mol. The van der Waals surface area contributed by atoms with Crippen LogP contribution in [0.5, 0.6) is 5.75 Å². The molecule has 0 saturated heterocycles. The van der Waals surface area contributed by atoms with E-state index < -0.39 is 10.8 Å². The van der Waals surface area contributed by atoms with Crippen LogP contribution in [0.3, 0.4) is 0 Å². The van der Waals surface area contributed by atoms with Crippen LogP contribution in [0.2, 0.25) is 0 Å². The van der Waals surface area contributed by atoms with Gasteiger partial charge in [0, 0.05) is 19.3 Å². The van der Waals surface area contributed by atoms with Gasteiger partial charge in [0.15, 0.2) is 0 Å². The van der Waals surface area contributed by atoms with E-state index in [0.29, 0.717) is 18.0 Å². The molecule has 1 heterocycles. The number of benzene rings is 2. The van der Waals surface area contributed by atoms with Gasteiger partial charge in [0.2, 0.25) is 0 Å². The summed E-state index contributed by atoms with van der Waals surface area (Å²) >= 11 is 0. The van der Waals surface area contributed by atoms with Crippen molar-refractivity contribution in [1.29, 1.82) is 0 Å². The third kappa shape index (κ3) is 5.54. The van der Waals surface area contributed by atoms with Gasteiger partial charge in [0.05, 0.1) is 12.8 Å². The van der Waals surface area contributed by atoms with Gasteiger partial charge in [-0.15, -0.1) is 0 Å². The summed E-state index contributed by atoms with van der Waals surface area (Å²) in [6.07, 6.45) is 0. The predicted octanol–water partition coefficient (Wildman–Crippen LogP) is 5.86. The molecular formula is C20H31N3O4S. The number of carbonyl (C=O) groups excluding carboxylic acids is 1. The largest absolute Gasteiger partial charge is 0.495 e. The number of ether oxygens (including phenoxy) is 1. The molecule has 2 amide bonds. The summed E-state index contributed by atoms with van der Waals surface area (Å²) in [6.45, 7) is 8.45. The molecule has 3 rings (SSSR count). The van der Waals surface area contributed by atoms with Crippen LogP contribution in [0.25, 0.3) is 0 Å². The van der Waals surface area contributed by atoms with E-state index in [2.05, 4.69) is 10.0 Å². The van der Waals surface area contributed by atoms with Crippen molar-refractivity contribution in [3.05, 3.63) is 48.0 Å². The molecule has 0 radical (unpaired) electrons.